The van der Waals surface area contributed by atoms with Gasteiger partial charge >= 0.3 is 0 Å². The Morgan fingerprint density at radius 1 is 1.10 bits per heavy atom. The van der Waals surface area contributed by atoms with Gasteiger partial charge in [0.25, 0.3) is 5.91 Å². The number of likely N-dealkylation sites (N-methyl/N-ethyl adjacent to an activating group) is 1. The summed E-state index contributed by atoms with van der Waals surface area (Å²) in [6.45, 7) is 3.15. The molecule has 1 saturated heterocycles. The standard InChI is InChI=1S/C25H30N4O/c1-27(25(30)23-14-5-6-15-24(23)29-19-9-16-26-29)22-13-8-18-28(20-22)17-7-12-21-10-3-2-4-11-21/h2-6,9-11,14-16,19,22H,7-8,12-13,17-18,20H2,1H3/t22-/m0/s1. The van der Waals surface area contributed by atoms with Crippen molar-refractivity contribution in [1.82, 2.24) is 19.6 Å². The van der Waals surface area contributed by atoms with Crippen LogP contribution in [0.4, 0.5) is 0 Å². The van der Waals surface area contributed by atoms with E-state index in [4.69, 9.17) is 0 Å². The lowest BCUT2D eigenvalue weighted by atomic mass is 10.0. The fourth-order valence-corrected chi connectivity index (χ4v) is 4.32. The van der Waals surface area contributed by atoms with Gasteiger partial charge in [0.15, 0.2) is 0 Å². The number of aromatic nitrogens is 2. The van der Waals surface area contributed by atoms with E-state index in [0.29, 0.717) is 5.56 Å². The average molecular weight is 403 g/mol. The Labute approximate surface area is 178 Å². The molecule has 0 aliphatic carbocycles. The summed E-state index contributed by atoms with van der Waals surface area (Å²) in [5.74, 6) is 0.0669. The highest BCUT2D eigenvalue weighted by atomic mass is 16.2. The Balaban J connectivity index is 1.37. The van der Waals surface area contributed by atoms with E-state index in [1.165, 1.54) is 5.56 Å². The molecular formula is C25H30N4O. The van der Waals surface area contributed by atoms with Crippen LogP contribution < -0.4 is 0 Å². The van der Waals surface area contributed by atoms with Gasteiger partial charge in [-0.3, -0.25) is 4.79 Å². The first-order valence-corrected chi connectivity index (χ1v) is 10.8. The minimum atomic E-state index is 0.0669. The fraction of sp³-hybridized carbons (Fsp3) is 0.360. The molecule has 5 heteroatoms. The van der Waals surface area contributed by atoms with E-state index in [-0.39, 0.29) is 11.9 Å². The van der Waals surface area contributed by atoms with E-state index in [1.807, 2.05) is 48.5 Å². The maximum absolute atomic E-state index is 13.3. The number of carbonyl (C=O) groups excluding carboxylic acids is 1. The molecule has 2 heterocycles. The number of likely N-dealkylation sites (tertiary alicyclic amines) is 1. The molecule has 30 heavy (non-hydrogen) atoms. The van der Waals surface area contributed by atoms with Crippen LogP contribution in [-0.2, 0) is 6.42 Å². The van der Waals surface area contributed by atoms with Crippen LogP contribution in [0.15, 0.2) is 73.1 Å². The number of amides is 1. The monoisotopic (exact) mass is 402 g/mol. The molecule has 1 aliphatic heterocycles. The number of hydrogen-bond donors (Lipinski definition) is 0. The van der Waals surface area contributed by atoms with Crippen LogP contribution in [0.1, 0.15) is 35.2 Å². The summed E-state index contributed by atoms with van der Waals surface area (Å²) in [6.07, 6.45) is 8.06. The highest BCUT2D eigenvalue weighted by Gasteiger charge is 2.27. The van der Waals surface area contributed by atoms with Gasteiger partial charge in [0.1, 0.15) is 0 Å². The number of carbonyl (C=O) groups is 1. The summed E-state index contributed by atoms with van der Waals surface area (Å²) in [4.78, 5) is 17.8. The summed E-state index contributed by atoms with van der Waals surface area (Å²) in [5, 5.41) is 4.31. The number of para-hydroxylation sites is 1. The van der Waals surface area contributed by atoms with Crippen molar-refractivity contribution in [2.24, 2.45) is 0 Å². The minimum Gasteiger partial charge on any atom is -0.337 e. The van der Waals surface area contributed by atoms with Crippen LogP contribution in [0.3, 0.4) is 0 Å². The predicted octanol–water partition coefficient (Wildman–Crippen LogP) is 4.04. The van der Waals surface area contributed by atoms with E-state index >= 15 is 0 Å². The van der Waals surface area contributed by atoms with Crippen molar-refractivity contribution < 1.29 is 4.79 Å². The first-order valence-electron chi connectivity index (χ1n) is 10.8. The molecule has 5 nitrogen and oxygen atoms in total. The Morgan fingerprint density at radius 2 is 1.90 bits per heavy atom. The fourth-order valence-electron chi connectivity index (χ4n) is 4.32. The number of hydrogen-bond acceptors (Lipinski definition) is 3. The van der Waals surface area contributed by atoms with Gasteiger partial charge in [0.2, 0.25) is 0 Å². The zero-order valence-electron chi connectivity index (χ0n) is 17.7. The summed E-state index contributed by atoms with van der Waals surface area (Å²) in [7, 11) is 1.94. The normalized spacial score (nSPS) is 17.0. The van der Waals surface area contributed by atoms with E-state index < -0.39 is 0 Å². The second kappa shape index (κ2) is 9.72. The van der Waals surface area contributed by atoms with Crippen molar-refractivity contribution in [3.05, 3.63) is 84.2 Å². The van der Waals surface area contributed by atoms with E-state index in [0.717, 1.165) is 51.0 Å². The maximum Gasteiger partial charge on any atom is 0.256 e. The van der Waals surface area contributed by atoms with Crippen molar-refractivity contribution in [3.8, 4) is 5.69 Å². The van der Waals surface area contributed by atoms with Crippen molar-refractivity contribution in [2.75, 3.05) is 26.7 Å². The highest BCUT2D eigenvalue weighted by molar-refractivity contribution is 5.97. The summed E-state index contributed by atoms with van der Waals surface area (Å²) < 4.78 is 1.76. The molecule has 4 rings (SSSR count). The van der Waals surface area contributed by atoms with Crippen molar-refractivity contribution in [1.29, 1.82) is 0 Å². The molecule has 1 amide bonds. The average Bonchev–Trinajstić information content (AvgIpc) is 3.34. The van der Waals surface area contributed by atoms with Gasteiger partial charge < -0.3 is 9.80 Å². The zero-order valence-corrected chi connectivity index (χ0v) is 17.7. The van der Waals surface area contributed by atoms with Crippen LogP contribution >= 0.6 is 0 Å². The van der Waals surface area contributed by atoms with Gasteiger partial charge in [-0.2, -0.15) is 5.10 Å². The van der Waals surface area contributed by atoms with Crippen molar-refractivity contribution in [2.45, 2.75) is 31.7 Å². The third-order valence-corrected chi connectivity index (χ3v) is 6.02. The lowest BCUT2D eigenvalue weighted by molar-refractivity contribution is 0.0617. The summed E-state index contributed by atoms with van der Waals surface area (Å²) >= 11 is 0. The minimum absolute atomic E-state index is 0.0669. The second-order valence-electron chi connectivity index (χ2n) is 8.07. The second-order valence-corrected chi connectivity index (χ2v) is 8.07. The Bertz CT molecular complexity index is 939. The Kier molecular flexibility index (Phi) is 6.60. The molecule has 1 fully saturated rings. The molecule has 0 unspecified atom stereocenters. The van der Waals surface area contributed by atoms with Gasteiger partial charge in [-0.15, -0.1) is 0 Å². The molecule has 0 N–H and O–H groups in total. The first kappa shape index (κ1) is 20.4. The molecule has 0 saturated carbocycles. The first-order chi connectivity index (χ1) is 14.7. The molecule has 1 aliphatic rings. The van der Waals surface area contributed by atoms with Crippen LogP contribution in [0.5, 0.6) is 0 Å². The largest absolute Gasteiger partial charge is 0.337 e. The highest BCUT2D eigenvalue weighted by Crippen LogP contribution is 2.21. The van der Waals surface area contributed by atoms with E-state index in [9.17, 15) is 4.79 Å². The van der Waals surface area contributed by atoms with Gasteiger partial charge in [0.05, 0.1) is 11.3 Å². The molecule has 1 atom stereocenters. The van der Waals surface area contributed by atoms with Crippen molar-refractivity contribution >= 4 is 5.91 Å². The quantitative estimate of drug-likeness (QED) is 0.599. The van der Waals surface area contributed by atoms with Crippen LogP contribution in [0.25, 0.3) is 5.69 Å². The number of nitrogens with zero attached hydrogens (tertiary/aromatic N) is 4. The molecule has 3 aromatic rings. The molecule has 0 radical (unpaired) electrons. The summed E-state index contributed by atoms with van der Waals surface area (Å²) in [6, 6.07) is 20.5. The topological polar surface area (TPSA) is 41.4 Å². The number of aryl methyl sites for hydroxylation is 1. The lowest BCUT2D eigenvalue weighted by Gasteiger charge is -2.38. The maximum atomic E-state index is 13.3. The number of rotatable bonds is 7. The number of piperidine rings is 1. The third-order valence-electron chi connectivity index (χ3n) is 6.02. The van der Waals surface area contributed by atoms with Gasteiger partial charge in [0, 0.05) is 32.0 Å². The number of benzene rings is 2. The molecule has 2 aromatic carbocycles. The summed E-state index contributed by atoms with van der Waals surface area (Å²) in [5.41, 5.74) is 2.92. The predicted molar refractivity (Wildman–Crippen MR) is 120 cm³/mol. The zero-order chi connectivity index (χ0) is 20.8. The third kappa shape index (κ3) is 4.79. The van der Waals surface area contributed by atoms with E-state index in [2.05, 4.69) is 40.3 Å². The molecule has 156 valence electrons. The smallest absolute Gasteiger partial charge is 0.256 e. The van der Waals surface area contributed by atoms with Crippen molar-refractivity contribution in [3.63, 3.8) is 0 Å². The van der Waals surface area contributed by atoms with E-state index in [1.54, 1.807) is 10.9 Å². The van der Waals surface area contributed by atoms with Crippen LogP contribution in [0, 0.1) is 0 Å². The van der Waals surface area contributed by atoms with Crippen LogP contribution in [-0.4, -0.2) is 58.2 Å². The Morgan fingerprint density at radius 3 is 2.70 bits per heavy atom. The molecule has 0 spiro atoms. The molecule has 1 aromatic heterocycles. The van der Waals surface area contributed by atoms with Crippen LogP contribution in [0.2, 0.25) is 0 Å². The molecule has 0 bridgehead atoms. The SMILES string of the molecule is CN(C(=O)c1ccccc1-n1cccn1)[C@H]1CCCN(CCCc2ccccc2)C1. The molecular weight excluding hydrogens is 372 g/mol. The van der Waals surface area contributed by atoms with Gasteiger partial charge in [-0.25, -0.2) is 4.68 Å². The van der Waals surface area contributed by atoms with Gasteiger partial charge in [-0.1, -0.05) is 42.5 Å². The van der Waals surface area contributed by atoms with Gasteiger partial charge in [-0.05, 0) is 62.5 Å². The lowest BCUT2D eigenvalue weighted by Crippen LogP contribution is -2.48. The Hall–Kier alpha value is -2.92.